The lowest BCUT2D eigenvalue weighted by Gasteiger charge is -2.35. The van der Waals surface area contributed by atoms with Gasteiger partial charge in [-0.1, -0.05) is 44.2 Å². The summed E-state index contributed by atoms with van der Waals surface area (Å²) in [4.78, 5) is 67.8. The van der Waals surface area contributed by atoms with Crippen molar-refractivity contribution >= 4 is 29.6 Å². The Kier molecular flexibility index (Phi) is 8.85. The van der Waals surface area contributed by atoms with Crippen molar-refractivity contribution in [1.29, 1.82) is 0 Å². The SMILES string of the molecule is C=CCC(NC(=O)[C@@H]1[C@H]2[C@@H](CN1C(=O)[C@@H](NC(=O)OC(C)(C)C)C1Cc3ccccc3C1)C2(C)C)C(=O)C(=O)NCC. The van der Waals surface area contributed by atoms with E-state index in [1.807, 2.05) is 24.3 Å². The fraction of sp³-hybridized carbons (Fsp3) is 0.594. The molecule has 1 unspecified atom stereocenters. The zero-order valence-electron chi connectivity index (χ0n) is 25.5. The second-order valence-corrected chi connectivity index (χ2v) is 13.3. The summed E-state index contributed by atoms with van der Waals surface area (Å²) in [6.07, 6.45) is 2.06. The number of ketones is 1. The molecule has 1 aromatic rings. The van der Waals surface area contributed by atoms with Crippen LogP contribution in [-0.2, 0) is 36.8 Å². The molecule has 4 amide bonds. The van der Waals surface area contributed by atoms with Crippen molar-refractivity contribution in [1.82, 2.24) is 20.9 Å². The first-order chi connectivity index (χ1) is 19.7. The minimum absolute atomic E-state index is 0.0724. The van der Waals surface area contributed by atoms with E-state index in [1.54, 1.807) is 32.6 Å². The Bertz CT molecular complexity index is 1240. The van der Waals surface area contributed by atoms with Gasteiger partial charge in [0.1, 0.15) is 23.7 Å². The van der Waals surface area contributed by atoms with E-state index in [2.05, 4.69) is 36.4 Å². The van der Waals surface area contributed by atoms with E-state index in [0.29, 0.717) is 19.4 Å². The second kappa shape index (κ2) is 11.9. The molecule has 2 fully saturated rings. The van der Waals surface area contributed by atoms with Crippen LogP contribution in [0, 0.1) is 23.2 Å². The molecular formula is C32H44N4O6. The molecule has 4 rings (SSSR count). The number of alkyl carbamates (subject to hydrolysis) is 1. The van der Waals surface area contributed by atoms with Crippen molar-refractivity contribution in [3.63, 3.8) is 0 Å². The lowest BCUT2D eigenvalue weighted by atomic mass is 9.93. The highest BCUT2D eigenvalue weighted by atomic mass is 16.6. The number of Topliss-reactive ketones (excluding diaryl/α,β-unsaturated/α-hetero) is 1. The summed E-state index contributed by atoms with van der Waals surface area (Å²) in [5.41, 5.74) is 1.33. The summed E-state index contributed by atoms with van der Waals surface area (Å²) in [6.45, 7) is 15.4. The van der Waals surface area contributed by atoms with Crippen molar-refractivity contribution < 1.29 is 28.7 Å². The number of rotatable bonds is 10. The third-order valence-electron chi connectivity index (χ3n) is 8.85. The number of carbonyl (C=O) groups excluding carboxylic acids is 5. The lowest BCUT2D eigenvalue weighted by Crippen LogP contribution is -2.59. The Labute approximate surface area is 248 Å². The number of carbonyl (C=O) groups is 5. The Balaban J connectivity index is 1.60. The Morgan fingerprint density at radius 1 is 1.10 bits per heavy atom. The van der Waals surface area contributed by atoms with Crippen LogP contribution >= 0.6 is 0 Å². The Morgan fingerprint density at radius 2 is 1.71 bits per heavy atom. The first kappa shape index (κ1) is 31.3. The van der Waals surface area contributed by atoms with Crippen LogP contribution in [0.4, 0.5) is 4.79 Å². The molecule has 10 heteroatoms. The maximum atomic E-state index is 14.3. The largest absolute Gasteiger partial charge is 0.444 e. The number of piperidine rings is 1. The van der Waals surface area contributed by atoms with Crippen LogP contribution in [0.5, 0.6) is 0 Å². The number of likely N-dealkylation sites (N-methyl/N-ethyl adjacent to an activating group) is 1. The number of hydrogen-bond acceptors (Lipinski definition) is 6. The average molecular weight is 581 g/mol. The van der Waals surface area contributed by atoms with E-state index in [4.69, 9.17) is 4.74 Å². The van der Waals surface area contributed by atoms with Crippen LogP contribution in [0.3, 0.4) is 0 Å². The number of likely N-dealkylation sites (tertiary alicyclic amines) is 1. The minimum Gasteiger partial charge on any atom is -0.444 e. The third kappa shape index (κ3) is 6.37. The molecule has 5 atom stereocenters. The van der Waals surface area contributed by atoms with Gasteiger partial charge < -0.3 is 25.6 Å². The van der Waals surface area contributed by atoms with Crippen molar-refractivity contribution in [2.24, 2.45) is 23.2 Å². The molecule has 3 N–H and O–H groups in total. The smallest absolute Gasteiger partial charge is 0.408 e. The number of fused-ring (bicyclic) bond motifs is 2. The zero-order valence-corrected chi connectivity index (χ0v) is 25.5. The number of nitrogens with one attached hydrogen (secondary N) is 3. The molecule has 0 aromatic heterocycles. The maximum Gasteiger partial charge on any atom is 0.408 e. The maximum absolute atomic E-state index is 14.3. The highest BCUT2D eigenvalue weighted by Gasteiger charge is 2.69. The van der Waals surface area contributed by atoms with Gasteiger partial charge in [0.15, 0.2) is 0 Å². The molecule has 228 valence electrons. The molecule has 1 aromatic carbocycles. The molecule has 1 heterocycles. The monoisotopic (exact) mass is 580 g/mol. The molecule has 0 radical (unpaired) electrons. The first-order valence-corrected chi connectivity index (χ1v) is 14.8. The van der Waals surface area contributed by atoms with E-state index in [-0.39, 0.29) is 42.0 Å². The fourth-order valence-corrected chi connectivity index (χ4v) is 6.70. The minimum atomic E-state index is -1.10. The topological polar surface area (TPSA) is 134 Å². The highest BCUT2D eigenvalue weighted by Crippen LogP contribution is 2.65. The zero-order chi connectivity index (χ0) is 31.0. The summed E-state index contributed by atoms with van der Waals surface area (Å²) >= 11 is 0. The number of amides is 4. The number of nitrogens with zero attached hydrogens (tertiary/aromatic N) is 1. The highest BCUT2D eigenvalue weighted by molar-refractivity contribution is 6.38. The van der Waals surface area contributed by atoms with Gasteiger partial charge in [-0.05, 0) is 81.3 Å². The molecule has 3 aliphatic rings. The van der Waals surface area contributed by atoms with Crippen molar-refractivity contribution in [3.05, 3.63) is 48.0 Å². The summed E-state index contributed by atoms with van der Waals surface area (Å²) in [6, 6.07) is 5.11. The first-order valence-electron chi connectivity index (χ1n) is 14.8. The standard InChI is InChI=1S/C32H44N4O6/c1-8-12-22(26(37)28(39)33-9-2)34-27(38)25-23-21(32(23,6)7)17-36(25)29(40)24(35-30(41)42-31(3,4)5)20-15-18-13-10-11-14-19(18)16-20/h8,10-11,13-14,20-25H,1,9,12,15-17H2,2-7H3,(H,33,39)(H,34,38)(H,35,41)/t21-,22?,23-,24+,25+/m1/s1. The average Bonchev–Trinajstić information content (AvgIpc) is 3.28. The number of benzene rings is 1. The molecule has 42 heavy (non-hydrogen) atoms. The number of hydrogen-bond donors (Lipinski definition) is 3. The quantitative estimate of drug-likeness (QED) is 0.288. The van der Waals surface area contributed by atoms with Crippen molar-refractivity contribution in [3.8, 4) is 0 Å². The van der Waals surface area contributed by atoms with Gasteiger partial charge in [-0.2, -0.15) is 0 Å². The van der Waals surface area contributed by atoms with Crippen molar-refractivity contribution in [2.45, 2.75) is 84.5 Å². The van der Waals surface area contributed by atoms with E-state index in [0.717, 1.165) is 11.1 Å². The second-order valence-electron chi connectivity index (χ2n) is 13.3. The van der Waals surface area contributed by atoms with Gasteiger partial charge >= 0.3 is 6.09 Å². The van der Waals surface area contributed by atoms with Gasteiger partial charge in [0.05, 0.1) is 0 Å². The third-order valence-corrected chi connectivity index (χ3v) is 8.85. The molecule has 1 saturated heterocycles. The van der Waals surface area contributed by atoms with Crippen LogP contribution in [0.1, 0.15) is 59.1 Å². The van der Waals surface area contributed by atoms with E-state index in [9.17, 15) is 24.0 Å². The van der Waals surface area contributed by atoms with Gasteiger partial charge in [0, 0.05) is 13.1 Å². The van der Waals surface area contributed by atoms with Crippen LogP contribution < -0.4 is 16.0 Å². The van der Waals surface area contributed by atoms with Crippen LogP contribution in [0.25, 0.3) is 0 Å². The number of ether oxygens (including phenoxy) is 1. The van der Waals surface area contributed by atoms with E-state index < -0.39 is 47.4 Å². The summed E-state index contributed by atoms with van der Waals surface area (Å²) in [5, 5.41) is 8.07. The molecule has 0 spiro atoms. The Hall–Kier alpha value is -3.69. The lowest BCUT2D eigenvalue weighted by molar-refractivity contribution is -0.144. The molecule has 1 aliphatic heterocycles. The molecule has 2 aliphatic carbocycles. The van der Waals surface area contributed by atoms with Gasteiger partial charge in [-0.25, -0.2) is 4.79 Å². The molecule has 10 nitrogen and oxygen atoms in total. The van der Waals surface area contributed by atoms with E-state index in [1.165, 1.54) is 6.08 Å². The van der Waals surface area contributed by atoms with E-state index >= 15 is 0 Å². The van der Waals surface area contributed by atoms with Gasteiger partial charge in [0.2, 0.25) is 17.6 Å². The summed E-state index contributed by atoms with van der Waals surface area (Å²) in [7, 11) is 0. The van der Waals surface area contributed by atoms with Crippen LogP contribution in [0.15, 0.2) is 36.9 Å². The van der Waals surface area contributed by atoms with Gasteiger partial charge in [0.25, 0.3) is 5.91 Å². The van der Waals surface area contributed by atoms with Crippen LogP contribution in [0.2, 0.25) is 0 Å². The molecular weight excluding hydrogens is 536 g/mol. The van der Waals surface area contributed by atoms with Gasteiger partial charge in [-0.3, -0.25) is 19.2 Å². The molecule has 0 bridgehead atoms. The normalized spacial score (nSPS) is 23.6. The summed E-state index contributed by atoms with van der Waals surface area (Å²) < 4.78 is 5.52. The predicted octanol–water partition coefficient (Wildman–Crippen LogP) is 2.54. The Morgan fingerprint density at radius 3 is 2.26 bits per heavy atom. The summed E-state index contributed by atoms with van der Waals surface area (Å²) in [5.74, 6) is -2.63. The van der Waals surface area contributed by atoms with Gasteiger partial charge in [-0.15, -0.1) is 6.58 Å². The van der Waals surface area contributed by atoms with Crippen molar-refractivity contribution in [2.75, 3.05) is 13.1 Å². The fourth-order valence-electron chi connectivity index (χ4n) is 6.70. The predicted molar refractivity (Wildman–Crippen MR) is 157 cm³/mol. The van der Waals surface area contributed by atoms with Crippen LogP contribution in [-0.4, -0.2) is 71.3 Å². The molecule has 1 saturated carbocycles.